The average Bonchev–Trinajstić information content (AvgIpc) is 2.97. The van der Waals surface area contributed by atoms with E-state index in [1.54, 1.807) is 36.4 Å². The van der Waals surface area contributed by atoms with Crippen LogP contribution in [0.15, 0.2) is 133 Å². The van der Waals surface area contributed by atoms with Gasteiger partial charge in [0.15, 0.2) is 0 Å². The third kappa shape index (κ3) is 5.97. The number of anilines is 1. The van der Waals surface area contributed by atoms with Crippen molar-refractivity contribution in [2.75, 3.05) is 5.32 Å². The van der Waals surface area contributed by atoms with Gasteiger partial charge in [-0.3, -0.25) is 4.79 Å². The van der Waals surface area contributed by atoms with Crippen molar-refractivity contribution in [2.24, 2.45) is 0 Å². The molecule has 0 aromatic heterocycles. The van der Waals surface area contributed by atoms with Gasteiger partial charge in [-0.1, -0.05) is 91.0 Å². The molecule has 0 fully saturated rings. The molecular formula is C33H25NO4. The van der Waals surface area contributed by atoms with Gasteiger partial charge in [-0.25, -0.2) is 4.79 Å². The predicted molar refractivity (Wildman–Crippen MR) is 148 cm³/mol. The second-order valence-electron chi connectivity index (χ2n) is 8.55. The van der Waals surface area contributed by atoms with Gasteiger partial charge in [-0.2, -0.15) is 0 Å². The van der Waals surface area contributed by atoms with Crippen molar-refractivity contribution < 1.29 is 19.1 Å². The molecule has 5 nitrogen and oxygen atoms in total. The van der Waals surface area contributed by atoms with E-state index in [1.807, 2.05) is 97.1 Å². The number of para-hydroxylation sites is 1. The van der Waals surface area contributed by atoms with E-state index in [1.165, 1.54) is 0 Å². The third-order valence-corrected chi connectivity index (χ3v) is 5.89. The van der Waals surface area contributed by atoms with Crippen molar-refractivity contribution in [1.29, 1.82) is 0 Å². The van der Waals surface area contributed by atoms with Crippen LogP contribution >= 0.6 is 0 Å². The Balaban J connectivity index is 1.37. The average molecular weight is 500 g/mol. The normalized spacial score (nSPS) is 10.4. The van der Waals surface area contributed by atoms with E-state index in [0.717, 1.165) is 5.56 Å². The Bertz CT molecular complexity index is 1550. The van der Waals surface area contributed by atoms with Crippen LogP contribution in [0.25, 0.3) is 11.1 Å². The number of benzene rings is 5. The number of nitrogens with one attached hydrogen (secondary N) is 1. The lowest BCUT2D eigenvalue weighted by atomic mass is 9.95. The lowest BCUT2D eigenvalue weighted by Gasteiger charge is -2.14. The third-order valence-electron chi connectivity index (χ3n) is 5.89. The van der Waals surface area contributed by atoms with Crippen LogP contribution < -0.4 is 10.1 Å². The van der Waals surface area contributed by atoms with Crippen LogP contribution in [0.4, 0.5) is 5.69 Å². The molecule has 38 heavy (non-hydrogen) atoms. The zero-order chi connectivity index (χ0) is 26.2. The first kappa shape index (κ1) is 24.5. The highest BCUT2D eigenvalue weighted by molar-refractivity contribution is 6.10. The van der Waals surface area contributed by atoms with Crippen LogP contribution in [0, 0.1) is 0 Å². The molecule has 0 heterocycles. The number of ether oxygens (including phenoxy) is 2. The number of carbonyl (C=O) groups is 2. The summed E-state index contributed by atoms with van der Waals surface area (Å²) < 4.78 is 11.5. The summed E-state index contributed by atoms with van der Waals surface area (Å²) in [6.07, 6.45) is 0. The van der Waals surface area contributed by atoms with Gasteiger partial charge in [-0.15, -0.1) is 0 Å². The van der Waals surface area contributed by atoms with Crippen LogP contribution in [-0.4, -0.2) is 11.9 Å². The van der Waals surface area contributed by atoms with Crippen LogP contribution in [0.1, 0.15) is 26.3 Å². The molecule has 0 atom stereocenters. The fourth-order valence-corrected chi connectivity index (χ4v) is 4.07. The van der Waals surface area contributed by atoms with Crippen LogP contribution in [0.2, 0.25) is 0 Å². The maximum Gasteiger partial charge on any atom is 0.339 e. The fourth-order valence-electron chi connectivity index (χ4n) is 4.07. The summed E-state index contributed by atoms with van der Waals surface area (Å²) in [5.74, 6) is 0.557. The van der Waals surface area contributed by atoms with Crippen molar-refractivity contribution >= 4 is 17.6 Å². The minimum atomic E-state index is -0.453. The first-order valence-electron chi connectivity index (χ1n) is 12.2. The summed E-state index contributed by atoms with van der Waals surface area (Å²) in [6.45, 7) is 0.164. The number of carbonyl (C=O) groups excluding carboxylic acids is 2. The van der Waals surface area contributed by atoms with E-state index in [9.17, 15) is 9.59 Å². The monoisotopic (exact) mass is 499 g/mol. The van der Waals surface area contributed by atoms with E-state index in [-0.39, 0.29) is 12.5 Å². The summed E-state index contributed by atoms with van der Waals surface area (Å²) in [5.41, 5.74) is 3.57. The Morgan fingerprint density at radius 1 is 0.579 bits per heavy atom. The highest BCUT2D eigenvalue weighted by Gasteiger charge is 2.19. The highest BCUT2D eigenvalue weighted by Crippen LogP contribution is 2.29. The quantitative estimate of drug-likeness (QED) is 0.222. The Hall–Kier alpha value is -5.16. The van der Waals surface area contributed by atoms with Gasteiger partial charge < -0.3 is 14.8 Å². The molecule has 0 bridgehead atoms. The molecule has 0 saturated carbocycles. The highest BCUT2D eigenvalue weighted by atomic mass is 16.5. The van der Waals surface area contributed by atoms with E-state index >= 15 is 0 Å². The minimum absolute atomic E-state index is 0.164. The number of rotatable bonds is 8. The molecule has 0 aliphatic rings. The minimum Gasteiger partial charge on any atom is -0.457 e. The Kier molecular flexibility index (Phi) is 7.56. The molecule has 186 valence electrons. The molecule has 0 aliphatic heterocycles. The zero-order valence-electron chi connectivity index (χ0n) is 20.5. The first-order valence-corrected chi connectivity index (χ1v) is 12.2. The molecule has 1 N–H and O–H groups in total. The SMILES string of the molecule is O=C(Nc1cccc(Oc2ccccc2)c1)c1ccccc1-c1ccccc1C(=O)OCc1ccccc1. The summed E-state index contributed by atoms with van der Waals surface area (Å²) >= 11 is 0. The van der Waals surface area contributed by atoms with Crippen LogP contribution in [0.5, 0.6) is 11.5 Å². The Morgan fingerprint density at radius 3 is 1.89 bits per heavy atom. The summed E-state index contributed by atoms with van der Waals surface area (Å²) in [4.78, 5) is 26.4. The van der Waals surface area contributed by atoms with Crippen molar-refractivity contribution in [2.45, 2.75) is 6.61 Å². The first-order chi connectivity index (χ1) is 18.7. The molecule has 0 spiro atoms. The van der Waals surface area contributed by atoms with Crippen molar-refractivity contribution in [1.82, 2.24) is 0 Å². The van der Waals surface area contributed by atoms with Gasteiger partial charge in [-0.05, 0) is 53.1 Å². The summed E-state index contributed by atoms with van der Waals surface area (Å²) in [5, 5.41) is 2.95. The Morgan fingerprint density at radius 2 is 1.16 bits per heavy atom. The molecule has 0 aliphatic carbocycles. The zero-order valence-corrected chi connectivity index (χ0v) is 20.5. The maximum absolute atomic E-state index is 13.4. The molecule has 0 radical (unpaired) electrons. The van der Waals surface area contributed by atoms with Gasteiger partial charge in [0.2, 0.25) is 0 Å². The van der Waals surface area contributed by atoms with E-state index in [4.69, 9.17) is 9.47 Å². The molecule has 5 aromatic rings. The van der Waals surface area contributed by atoms with Crippen molar-refractivity contribution in [3.63, 3.8) is 0 Å². The second-order valence-corrected chi connectivity index (χ2v) is 8.55. The van der Waals surface area contributed by atoms with Gasteiger partial charge in [0.05, 0.1) is 5.56 Å². The van der Waals surface area contributed by atoms with E-state index in [0.29, 0.717) is 39.4 Å². The van der Waals surface area contributed by atoms with Gasteiger partial charge >= 0.3 is 5.97 Å². The standard InChI is InChI=1S/C33H25NO4/c35-32(34-25-14-11-17-27(22-25)38-26-15-5-2-6-16-26)30-20-9-7-18-28(30)29-19-8-10-21-31(29)33(36)37-23-24-12-3-1-4-13-24/h1-22H,23H2,(H,34,35). The van der Waals surface area contributed by atoms with Gasteiger partial charge in [0, 0.05) is 17.3 Å². The lowest BCUT2D eigenvalue weighted by Crippen LogP contribution is -2.14. The number of esters is 1. The molecular weight excluding hydrogens is 474 g/mol. The van der Waals surface area contributed by atoms with Crippen molar-refractivity contribution in [3.05, 3.63) is 150 Å². The van der Waals surface area contributed by atoms with Gasteiger partial charge in [0.1, 0.15) is 18.1 Å². The molecule has 5 heteroatoms. The van der Waals surface area contributed by atoms with Crippen LogP contribution in [-0.2, 0) is 11.3 Å². The number of amides is 1. The fraction of sp³-hybridized carbons (Fsp3) is 0.0303. The van der Waals surface area contributed by atoms with Gasteiger partial charge in [0.25, 0.3) is 5.91 Å². The summed E-state index contributed by atoms with van der Waals surface area (Å²) in [7, 11) is 0. The molecule has 0 unspecified atom stereocenters. The molecule has 1 amide bonds. The molecule has 5 aromatic carbocycles. The lowest BCUT2D eigenvalue weighted by molar-refractivity contribution is 0.0473. The van der Waals surface area contributed by atoms with Crippen LogP contribution in [0.3, 0.4) is 0 Å². The van der Waals surface area contributed by atoms with E-state index < -0.39 is 5.97 Å². The number of hydrogen-bond donors (Lipinski definition) is 1. The smallest absolute Gasteiger partial charge is 0.339 e. The topological polar surface area (TPSA) is 64.6 Å². The number of hydrogen-bond acceptors (Lipinski definition) is 4. The molecule has 0 saturated heterocycles. The van der Waals surface area contributed by atoms with E-state index in [2.05, 4.69) is 5.32 Å². The largest absolute Gasteiger partial charge is 0.457 e. The Labute approximate surface area is 221 Å². The second kappa shape index (κ2) is 11.7. The maximum atomic E-state index is 13.4. The van der Waals surface area contributed by atoms with Crippen molar-refractivity contribution in [3.8, 4) is 22.6 Å². The summed E-state index contributed by atoms with van der Waals surface area (Å²) in [6, 6.07) is 40.5. The molecule has 5 rings (SSSR count). The predicted octanol–water partition coefficient (Wildman–Crippen LogP) is 7.76.